The first-order chi connectivity index (χ1) is 17.5. The smallest absolute Gasteiger partial charge is 0.396 e. The van der Waals surface area contributed by atoms with Crippen LogP contribution >= 0.6 is 11.3 Å². The van der Waals surface area contributed by atoms with Crippen molar-refractivity contribution < 1.29 is 27.5 Å². The molecule has 0 saturated carbocycles. The number of fused-ring (bicyclic) bond motifs is 1. The Bertz CT molecular complexity index is 1610. The van der Waals surface area contributed by atoms with Crippen molar-refractivity contribution in [2.75, 3.05) is 24.6 Å². The highest BCUT2D eigenvalue weighted by Crippen LogP contribution is 2.38. The lowest BCUT2D eigenvalue weighted by molar-refractivity contribution is -0.137. The predicted molar refractivity (Wildman–Crippen MR) is 133 cm³/mol. The molecule has 5 rings (SSSR count). The summed E-state index contributed by atoms with van der Waals surface area (Å²) in [6.07, 6.45) is -4.82. The molecular weight excluding hydrogens is 509 g/mol. The molecule has 0 bridgehead atoms. The summed E-state index contributed by atoms with van der Waals surface area (Å²) < 4.78 is 57.1. The zero-order chi connectivity index (χ0) is 26.6. The van der Waals surface area contributed by atoms with Crippen LogP contribution in [0.4, 0.5) is 23.2 Å². The topological polar surface area (TPSA) is 75.4 Å². The number of thiophene rings is 1. The van der Waals surface area contributed by atoms with Crippen LogP contribution in [-0.4, -0.2) is 48.1 Å². The summed E-state index contributed by atoms with van der Waals surface area (Å²) >= 11 is 1.00. The van der Waals surface area contributed by atoms with Gasteiger partial charge in [0.2, 0.25) is 0 Å². The quantitative estimate of drug-likeness (QED) is 0.309. The van der Waals surface area contributed by atoms with Crippen LogP contribution in [0.25, 0.3) is 27.0 Å². The molecule has 0 aliphatic carbocycles. The van der Waals surface area contributed by atoms with E-state index in [1.807, 2.05) is 0 Å². The third-order valence-electron chi connectivity index (χ3n) is 6.40. The second kappa shape index (κ2) is 9.11. The van der Waals surface area contributed by atoms with Crippen LogP contribution < -0.4 is 10.5 Å². The molecule has 0 unspecified atom stereocenters. The Kier molecular flexibility index (Phi) is 6.19. The molecule has 1 N–H and O–H groups in total. The van der Waals surface area contributed by atoms with E-state index in [1.54, 1.807) is 4.90 Å². The summed E-state index contributed by atoms with van der Waals surface area (Å²) in [5.41, 5.74) is -2.46. The maximum absolute atomic E-state index is 14.1. The first-order valence-electron chi connectivity index (χ1n) is 11.2. The number of carbonyl (C=O) groups excluding carboxylic acids is 1. The highest BCUT2D eigenvalue weighted by atomic mass is 32.1. The summed E-state index contributed by atoms with van der Waals surface area (Å²) in [4.78, 5) is 27.5. The van der Waals surface area contributed by atoms with Crippen LogP contribution in [0.2, 0.25) is 0 Å². The van der Waals surface area contributed by atoms with Gasteiger partial charge in [0.05, 0.1) is 21.3 Å². The third kappa shape index (κ3) is 4.33. The number of carbonyl (C=O) groups is 1. The normalized spacial score (nSPS) is 14.3. The number of anilines is 1. The average Bonchev–Trinajstić information content (AvgIpc) is 3.26. The zero-order valence-electron chi connectivity index (χ0n) is 19.3. The van der Waals surface area contributed by atoms with Crippen molar-refractivity contribution >= 4 is 40.6 Å². The first-order valence-corrected chi connectivity index (χ1v) is 12.1. The fourth-order valence-corrected chi connectivity index (χ4v) is 5.45. The number of halogens is 4. The number of aryl methyl sites for hydroxylation is 1. The van der Waals surface area contributed by atoms with Crippen molar-refractivity contribution in [3.8, 4) is 16.9 Å². The van der Waals surface area contributed by atoms with Crippen molar-refractivity contribution in [3.05, 3.63) is 74.6 Å². The van der Waals surface area contributed by atoms with Crippen molar-refractivity contribution in [1.82, 2.24) is 9.78 Å². The van der Waals surface area contributed by atoms with Crippen LogP contribution in [-0.2, 0) is 6.18 Å². The molecule has 1 aliphatic rings. The molecule has 188 valence electrons. The maximum Gasteiger partial charge on any atom is 0.418 e. The zero-order valence-corrected chi connectivity index (χ0v) is 20.2. The summed E-state index contributed by atoms with van der Waals surface area (Å²) in [6, 6.07) is 7.45. The molecule has 0 amide bonds. The minimum absolute atomic E-state index is 0.000176. The average molecular weight is 527 g/mol. The summed E-state index contributed by atoms with van der Waals surface area (Å²) in [5.74, 6) is -0.486. The van der Waals surface area contributed by atoms with Gasteiger partial charge in [0.1, 0.15) is 17.2 Å². The van der Waals surface area contributed by atoms with E-state index in [1.165, 1.54) is 42.6 Å². The van der Waals surface area contributed by atoms with Gasteiger partial charge in [0.25, 0.3) is 5.56 Å². The van der Waals surface area contributed by atoms with Gasteiger partial charge in [-0.15, -0.1) is 11.3 Å². The molecule has 0 atom stereocenters. The van der Waals surface area contributed by atoms with Gasteiger partial charge in [-0.3, -0.25) is 4.79 Å². The van der Waals surface area contributed by atoms with Gasteiger partial charge in [-0.05, 0) is 48.9 Å². The van der Waals surface area contributed by atoms with Crippen LogP contribution in [0.5, 0.6) is 0 Å². The molecule has 0 spiro atoms. The number of benzene rings is 2. The Labute approximate surface area is 213 Å². The van der Waals surface area contributed by atoms with Gasteiger partial charge in [-0.25, -0.2) is 4.39 Å². The largest absolute Gasteiger partial charge is 0.418 e. The number of aliphatic hydroxyl groups is 1. The Hall–Kier alpha value is -3.51. The van der Waals surface area contributed by atoms with Gasteiger partial charge in [0, 0.05) is 47.8 Å². The molecule has 2 aromatic heterocycles. The number of hydrogen-bond donors (Lipinski definition) is 1. The fraction of sp³-hybridized carbons (Fsp3) is 0.240. The molecule has 1 fully saturated rings. The van der Waals surface area contributed by atoms with Crippen LogP contribution in [0.15, 0.2) is 46.6 Å². The van der Waals surface area contributed by atoms with Crippen LogP contribution in [0, 0.1) is 18.7 Å². The second-order valence-corrected chi connectivity index (χ2v) is 9.78. The van der Waals surface area contributed by atoms with E-state index in [4.69, 9.17) is 7.85 Å². The Morgan fingerprint density at radius 3 is 2.57 bits per heavy atom. The summed E-state index contributed by atoms with van der Waals surface area (Å²) in [5, 5.41) is 14.8. The van der Waals surface area contributed by atoms with E-state index in [0.717, 1.165) is 17.4 Å². The molecule has 1 aliphatic heterocycles. The monoisotopic (exact) mass is 527 g/mol. The lowest BCUT2D eigenvalue weighted by Gasteiger charge is -2.40. The minimum atomic E-state index is -4.82. The Balaban J connectivity index is 1.82. The molecule has 4 aromatic rings. The number of aromatic nitrogens is 2. The SMILES string of the molecule is [B]C(=O)c1csc2c(-c3ccc(F)c(C)c3)nn(-c3cc(N4CC(CO)C4)ccc3C(F)(F)F)c(=O)c12. The Morgan fingerprint density at radius 2 is 1.95 bits per heavy atom. The second-order valence-electron chi connectivity index (χ2n) is 8.90. The number of aliphatic hydroxyl groups excluding tert-OH is 1. The molecule has 6 nitrogen and oxygen atoms in total. The number of alkyl halides is 3. The number of rotatable bonds is 5. The maximum atomic E-state index is 14.1. The first kappa shape index (κ1) is 25.2. The van der Waals surface area contributed by atoms with Gasteiger partial charge in [0.15, 0.2) is 7.85 Å². The van der Waals surface area contributed by atoms with Gasteiger partial charge in [-0.2, -0.15) is 23.0 Å². The van der Waals surface area contributed by atoms with E-state index in [2.05, 4.69) is 5.10 Å². The van der Waals surface area contributed by atoms with Crippen molar-refractivity contribution in [3.63, 3.8) is 0 Å². The lowest BCUT2D eigenvalue weighted by Crippen LogP contribution is -2.48. The minimum Gasteiger partial charge on any atom is -0.396 e. The van der Waals surface area contributed by atoms with E-state index >= 15 is 0 Å². The molecule has 1 saturated heterocycles. The van der Waals surface area contributed by atoms with Gasteiger partial charge >= 0.3 is 6.18 Å². The molecule has 37 heavy (non-hydrogen) atoms. The predicted octanol–water partition coefficient (Wildman–Crippen LogP) is 4.32. The molecule has 12 heteroatoms. The van der Waals surface area contributed by atoms with Crippen molar-refractivity contribution in [2.24, 2.45) is 5.92 Å². The van der Waals surface area contributed by atoms with Crippen molar-refractivity contribution in [2.45, 2.75) is 13.1 Å². The summed E-state index contributed by atoms with van der Waals surface area (Å²) in [7, 11) is 5.47. The van der Waals surface area contributed by atoms with E-state index in [0.29, 0.717) is 29.0 Å². The van der Waals surface area contributed by atoms with E-state index in [-0.39, 0.29) is 39.4 Å². The molecule has 2 radical (unpaired) electrons. The summed E-state index contributed by atoms with van der Waals surface area (Å²) in [6.45, 7) is 2.36. The lowest BCUT2D eigenvalue weighted by atomic mass is 9.94. The van der Waals surface area contributed by atoms with E-state index < -0.39 is 34.5 Å². The highest BCUT2D eigenvalue weighted by Gasteiger charge is 2.36. The molecule has 2 aromatic carbocycles. The third-order valence-corrected chi connectivity index (χ3v) is 7.39. The van der Waals surface area contributed by atoms with Crippen molar-refractivity contribution in [1.29, 1.82) is 0 Å². The number of nitrogens with zero attached hydrogens (tertiary/aromatic N) is 3. The fourth-order valence-electron chi connectivity index (χ4n) is 4.39. The van der Waals surface area contributed by atoms with Crippen LogP contribution in [0.3, 0.4) is 0 Å². The molecular formula is C25H18BF4N3O3S. The highest BCUT2D eigenvalue weighted by molar-refractivity contribution is 7.18. The standard InChI is InChI=1S/C25H18BF4N3O3S/c1-12-6-14(2-5-18(12)27)21-22-20(16(11-37-22)23(26)35)24(36)33(31-21)19-7-15(32-8-13(9-32)10-34)3-4-17(19)25(28,29)30/h2-7,11,13,34H,8-10H2,1H3. The Morgan fingerprint density at radius 1 is 1.22 bits per heavy atom. The van der Waals surface area contributed by atoms with Gasteiger partial charge < -0.3 is 14.8 Å². The number of hydrogen-bond acceptors (Lipinski definition) is 6. The van der Waals surface area contributed by atoms with Gasteiger partial charge in [-0.1, -0.05) is 0 Å². The molecule has 3 heterocycles. The van der Waals surface area contributed by atoms with Crippen LogP contribution in [0.1, 0.15) is 21.5 Å². The van der Waals surface area contributed by atoms with E-state index in [9.17, 15) is 32.3 Å².